The predicted octanol–water partition coefficient (Wildman–Crippen LogP) is 5.86. The van der Waals surface area contributed by atoms with Crippen molar-refractivity contribution in [1.29, 1.82) is 0 Å². The summed E-state index contributed by atoms with van der Waals surface area (Å²) in [4.78, 5) is 34.1. The molecule has 0 radical (unpaired) electrons. The number of nitrogens with zero attached hydrogens (tertiary/aromatic N) is 7. The minimum atomic E-state index is -2.62. The van der Waals surface area contributed by atoms with E-state index in [0.717, 1.165) is 40.1 Å². The molecule has 1 saturated heterocycles. The number of carbonyl (C=O) groups is 1. The van der Waals surface area contributed by atoms with E-state index in [1.807, 2.05) is 37.1 Å². The van der Waals surface area contributed by atoms with E-state index in [9.17, 15) is 13.6 Å². The Morgan fingerprint density at radius 1 is 1.23 bits per heavy atom. The highest BCUT2D eigenvalue weighted by Gasteiger charge is 2.41. The van der Waals surface area contributed by atoms with Crippen molar-refractivity contribution in [2.24, 2.45) is 0 Å². The second-order valence-corrected chi connectivity index (χ2v) is 13.2. The number of amides is 1. The van der Waals surface area contributed by atoms with E-state index in [-0.39, 0.29) is 49.5 Å². The number of anilines is 2. The van der Waals surface area contributed by atoms with Crippen LogP contribution in [0.25, 0.3) is 15.6 Å². The molecule has 2 aromatic carbocycles. The first-order chi connectivity index (χ1) is 22.6. The monoisotopic (exact) mass is 663 g/mol. The van der Waals surface area contributed by atoms with Gasteiger partial charge >= 0.3 is 6.01 Å². The molecule has 2 aliphatic heterocycles. The van der Waals surface area contributed by atoms with Crippen LogP contribution >= 0.6 is 11.6 Å². The van der Waals surface area contributed by atoms with Gasteiger partial charge in [0.05, 0.1) is 17.3 Å². The van der Waals surface area contributed by atoms with Gasteiger partial charge in [-0.15, -0.1) is 0 Å². The van der Waals surface area contributed by atoms with E-state index in [1.54, 1.807) is 4.90 Å². The first kappa shape index (κ1) is 32.9. The number of halogens is 3. The average Bonchev–Trinajstić information content (AvgIpc) is 3.43. The molecule has 3 aliphatic rings. The van der Waals surface area contributed by atoms with Gasteiger partial charge in [-0.05, 0) is 50.4 Å². The highest BCUT2D eigenvalue weighted by Crippen LogP contribution is 2.38. The van der Waals surface area contributed by atoms with Gasteiger partial charge in [0.1, 0.15) is 18.0 Å². The number of alkyl halides is 2. The maximum Gasteiger partial charge on any atom is 0.318 e. The summed E-state index contributed by atoms with van der Waals surface area (Å²) in [5.41, 5.74) is 2.88. The lowest BCUT2D eigenvalue weighted by molar-refractivity contribution is -0.128. The molecule has 3 atom stereocenters. The molecular weight excluding hydrogens is 624 g/mol. The zero-order valence-corrected chi connectivity index (χ0v) is 27.6. The topological polar surface area (TPSA) is 69.4 Å². The number of carbonyl (C=O) groups excluding carboxylic acids is 1. The molecule has 6 rings (SSSR count). The zero-order valence-electron chi connectivity index (χ0n) is 26.8. The molecule has 0 bridgehead atoms. The minimum Gasteiger partial charge on any atom is -0.459 e. The molecule has 3 aromatic rings. The normalized spacial score (nSPS) is 21.4. The highest BCUT2D eigenvalue weighted by molar-refractivity contribution is 6.36. The lowest BCUT2D eigenvalue weighted by atomic mass is 10.0. The number of piperazine rings is 1. The number of rotatable bonds is 9. The largest absolute Gasteiger partial charge is 0.459 e. The van der Waals surface area contributed by atoms with Crippen LogP contribution in [0.2, 0.25) is 5.02 Å². The van der Waals surface area contributed by atoms with Crippen molar-refractivity contribution in [3.05, 3.63) is 76.8 Å². The Morgan fingerprint density at radius 3 is 2.74 bits per heavy atom. The Labute approximate surface area is 279 Å². The first-order valence-corrected chi connectivity index (χ1v) is 16.5. The van der Waals surface area contributed by atoms with Crippen LogP contribution in [0.15, 0.2) is 49.1 Å². The lowest BCUT2D eigenvalue weighted by Gasteiger charge is -2.41. The van der Waals surface area contributed by atoms with E-state index in [4.69, 9.17) is 32.9 Å². The molecule has 0 spiro atoms. The molecule has 248 valence electrons. The SMILES string of the molecule is [C-]#[N+]C[C@H]1CN(c2nc(O[C@@H](C)CN(C)C3CCC(F)(F)C3)nc3c2CCN(c2cccc4cccc(Cl)c24)C3)CCN1C(=O)C=C. The van der Waals surface area contributed by atoms with Crippen LogP contribution in [0.4, 0.5) is 20.3 Å². The maximum atomic E-state index is 13.9. The molecule has 1 aromatic heterocycles. The van der Waals surface area contributed by atoms with Gasteiger partial charge in [0.25, 0.3) is 0 Å². The van der Waals surface area contributed by atoms with E-state index < -0.39 is 5.92 Å². The zero-order chi connectivity index (χ0) is 33.3. The molecule has 12 heteroatoms. The van der Waals surface area contributed by atoms with Crippen molar-refractivity contribution in [2.45, 2.75) is 63.3 Å². The van der Waals surface area contributed by atoms with E-state index >= 15 is 0 Å². The number of fused-ring (bicyclic) bond motifs is 2. The Balaban J connectivity index is 1.31. The van der Waals surface area contributed by atoms with Gasteiger partial charge < -0.3 is 24.3 Å². The standard InChI is InChI=1S/C35H40ClF2N7O2/c1-5-31(46)45-17-16-44(21-26(45)19-39-3)33-27-13-15-43(30-11-7-9-24-8-6-10-28(36)32(24)30)22-29(27)40-34(41-33)47-23(2)20-42(4)25-12-14-35(37,38)18-25/h5-11,23,25-26H,1,12-22H2,2,4H3/t23-,25?,26-/m0/s1. The lowest BCUT2D eigenvalue weighted by Crippen LogP contribution is -2.56. The second kappa shape index (κ2) is 13.6. The smallest absolute Gasteiger partial charge is 0.318 e. The fraction of sp³-hybridized carbons (Fsp3) is 0.486. The van der Waals surface area contributed by atoms with E-state index in [0.29, 0.717) is 50.6 Å². The third-order valence-electron chi connectivity index (χ3n) is 9.59. The third-order valence-corrected chi connectivity index (χ3v) is 9.90. The van der Waals surface area contributed by atoms with Crippen LogP contribution in [-0.2, 0) is 17.8 Å². The molecular formula is C35H40ClF2N7O2. The van der Waals surface area contributed by atoms with Crippen molar-refractivity contribution in [2.75, 3.05) is 56.1 Å². The summed E-state index contributed by atoms with van der Waals surface area (Å²) < 4.78 is 34.2. The van der Waals surface area contributed by atoms with Gasteiger partial charge in [0.15, 0.2) is 0 Å². The Hall–Kier alpha value is -4.01. The molecule has 1 aliphatic carbocycles. The van der Waals surface area contributed by atoms with Gasteiger partial charge in [-0.1, -0.05) is 42.4 Å². The van der Waals surface area contributed by atoms with Crippen molar-refractivity contribution in [3.8, 4) is 6.01 Å². The van der Waals surface area contributed by atoms with Crippen LogP contribution in [0.3, 0.4) is 0 Å². The van der Waals surface area contributed by atoms with Gasteiger partial charge in [0.2, 0.25) is 18.4 Å². The fourth-order valence-corrected chi connectivity index (χ4v) is 7.52. The maximum absolute atomic E-state index is 13.9. The summed E-state index contributed by atoms with van der Waals surface area (Å²) in [6.45, 7) is 16.3. The van der Waals surface area contributed by atoms with Crippen LogP contribution in [0.1, 0.15) is 37.4 Å². The third kappa shape index (κ3) is 6.99. The molecule has 9 nitrogen and oxygen atoms in total. The summed E-state index contributed by atoms with van der Waals surface area (Å²) in [6, 6.07) is 11.8. The molecule has 1 amide bonds. The van der Waals surface area contributed by atoms with Crippen molar-refractivity contribution in [1.82, 2.24) is 19.8 Å². The minimum absolute atomic E-state index is 0.0902. The molecule has 1 saturated carbocycles. The highest BCUT2D eigenvalue weighted by atomic mass is 35.5. The van der Waals surface area contributed by atoms with Crippen molar-refractivity contribution < 1.29 is 18.3 Å². The Kier molecular flexibility index (Phi) is 9.53. The Bertz CT molecular complexity index is 1690. The number of benzene rings is 2. The summed E-state index contributed by atoms with van der Waals surface area (Å²) in [5, 5.41) is 2.74. The summed E-state index contributed by atoms with van der Waals surface area (Å²) in [6.07, 6.45) is 1.84. The van der Waals surface area contributed by atoms with Crippen LogP contribution < -0.4 is 14.5 Å². The Morgan fingerprint density at radius 2 is 2.02 bits per heavy atom. The average molecular weight is 664 g/mol. The van der Waals surface area contributed by atoms with Gasteiger partial charge in [0, 0.05) is 68.2 Å². The van der Waals surface area contributed by atoms with Crippen LogP contribution in [-0.4, -0.2) is 96.1 Å². The van der Waals surface area contributed by atoms with Crippen molar-refractivity contribution >= 4 is 39.8 Å². The second-order valence-electron chi connectivity index (χ2n) is 12.8. The predicted molar refractivity (Wildman–Crippen MR) is 180 cm³/mol. The number of aromatic nitrogens is 2. The molecule has 3 heterocycles. The summed E-state index contributed by atoms with van der Waals surface area (Å²) in [5.74, 6) is -2.06. The first-order valence-electron chi connectivity index (χ1n) is 16.1. The molecule has 47 heavy (non-hydrogen) atoms. The van der Waals surface area contributed by atoms with E-state index in [2.05, 4.69) is 39.4 Å². The molecule has 2 fully saturated rings. The molecule has 0 N–H and O–H groups in total. The van der Waals surface area contributed by atoms with Crippen LogP contribution in [0.5, 0.6) is 6.01 Å². The van der Waals surface area contributed by atoms with Crippen LogP contribution in [0, 0.1) is 6.57 Å². The number of hydrogen-bond donors (Lipinski definition) is 0. The van der Waals surface area contributed by atoms with Gasteiger partial charge in [-0.25, -0.2) is 15.4 Å². The fourth-order valence-electron chi connectivity index (χ4n) is 7.24. The number of hydrogen-bond acceptors (Lipinski definition) is 7. The van der Waals surface area contributed by atoms with Gasteiger partial charge in [-0.2, -0.15) is 9.97 Å². The van der Waals surface area contributed by atoms with E-state index in [1.165, 1.54) is 6.08 Å². The molecule has 1 unspecified atom stereocenters. The number of likely N-dealkylation sites (N-methyl/N-ethyl adjacent to an activating group) is 1. The number of ether oxygens (including phenoxy) is 1. The quantitative estimate of drug-likeness (QED) is 0.210. The summed E-state index contributed by atoms with van der Waals surface area (Å²) in [7, 11) is 1.86. The summed E-state index contributed by atoms with van der Waals surface area (Å²) >= 11 is 6.70. The van der Waals surface area contributed by atoms with Crippen molar-refractivity contribution in [3.63, 3.8) is 0 Å². The van der Waals surface area contributed by atoms with Gasteiger partial charge in [-0.3, -0.25) is 9.69 Å².